The van der Waals surface area contributed by atoms with Crippen LogP contribution in [-0.2, 0) is 10.0 Å². The molecule has 0 aliphatic heterocycles. The number of aromatic nitrogens is 1. The largest absolute Gasteiger partial charge is 0.278 e. The van der Waals surface area contributed by atoms with Gasteiger partial charge in [0.15, 0.2) is 0 Å². The van der Waals surface area contributed by atoms with Crippen LogP contribution in [0.3, 0.4) is 0 Å². The minimum Gasteiger partial charge on any atom is -0.278 e. The highest BCUT2D eigenvalue weighted by Crippen LogP contribution is 2.29. The van der Waals surface area contributed by atoms with Gasteiger partial charge in [-0.05, 0) is 37.6 Å². The van der Waals surface area contributed by atoms with Gasteiger partial charge in [-0.3, -0.25) is 4.72 Å². The lowest BCUT2D eigenvalue weighted by molar-refractivity contribution is 0.600. The number of aryl methyl sites for hydroxylation is 2. The molecular formula is C17H15ClN2O2S2. The molecule has 0 fully saturated rings. The lowest BCUT2D eigenvalue weighted by atomic mass is 10.1. The fraction of sp³-hybridized carbons (Fsp3) is 0.118. The van der Waals surface area contributed by atoms with Crippen LogP contribution >= 0.6 is 22.9 Å². The molecule has 1 aromatic heterocycles. The molecule has 0 aliphatic carbocycles. The Bertz CT molecular complexity index is 997. The maximum atomic E-state index is 12.8. The first-order valence-corrected chi connectivity index (χ1v) is 9.91. The number of thiazole rings is 1. The topological polar surface area (TPSA) is 59.1 Å². The maximum Gasteiger partial charge on any atom is 0.262 e. The van der Waals surface area contributed by atoms with Gasteiger partial charge in [0.25, 0.3) is 10.0 Å². The highest BCUT2D eigenvalue weighted by molar-refractivity contribution is 7.92. The van der Waals surface area contributed by atoms with E-state index in [-0.39, 0.29) is 4.90 Å². The standard InChI is InChI=1S/C17H15ClN2O2S2/c1-11-7-8-13(16-10-23-12(2)19-16)9-17(11)24(21,22)20-15-6-4-3-5-14(15)18/h3-10,20H,1-2H3. The molecule has 7 heteroatoms. The van der Waals surface area contributed by atoms with Gasteiger partial charge in [-0.25, -0.2) is 13.4 Å². The molecule has 0 unspecified atom stereocenters. The van der Waals surface area contributed by atoms with E-state index in [1.165, 1.54) is 11.3 Å². The molecule has 1 heterocycles. The van der Waals surface area contributed by atoms with Crippen LogP contribution in [0.5, 0.6) is 0 Å². The second-order valence-electron chi connectivity index (χ2n) is 5.32. The van der Waals surface area contributed by atoms with E-state index in [4.69, 9.17) is 11.6 Å². The van der Waals surface area contributed by atoms with E-state index in [1.807, 2.05) is 18.4 Å². The van der Waals surface area contributed by atoms with Crippen molar-refractivity contribution in [3.8, 4) is 11.3 Å². The molecule has 3 aromatic rings. The monoisotopic (exact) mass is 378 g/mol. The number of para-hydroxylation sites is 1. The smallest absolute Gasteiger partial charge is 0.262 e. The second kappa shape index (κ2) is 6.55. The summed E-state index contributed by atoms with van der Waals surface area (Å²) < 4.78 is 28.1. The van der Waals surface area contributed by atoms with Gasteiger partial charge in [-0.1, -0.05) is 35.9 Å². The average molecular weight is 379 g/mol. The minimum atomic E-state index is -3.75. The molecular weight excluding hydrogens is 364 g/mol. The van der Waals surface area contributed by atoms with Gasteiger partial charge in [0.05, 0.1) is 26.3 Å². The summed E-state index contributed by atoms with van der Waals surface area (Å²) in [7, 11) is -3.75. The number of halogens is 1. The molecule has 1 N–H and O–H groups in total. The van der Waals surface area contributed by atoms with Crippen molar-refractivity contribution in [1.29, 1.82) is 0 Å². The van der Waals surface area contributed by atoms with Crippen molar-refractivity contribution in [2.75, 3.05) is 4.72 Å². The number of nitrogens with one attached hydrogen (secondary N) is 1. The van der Waals surface area contributed by atoms with Crippen molar-refractivity contribution >= 4 is 38.6 Å². The SMILES string of the molecule is Cc1nc(-c2ccc(C)c(S(=O)(=O)Nc3ccccc3Cl)c2)cs1. The molecule has 2 aromatic carbocycles. The Balaban J connectivity index is 2.03. The maximum absolute atomic E-state index is 12.8. The first-order valence-electron chi connectivity index (χ1n) is 7.17. The van der Waals surface area contributed by atoms with Crippen LogP contribution < -0.4 is 4.72 Å². The second-order valence-corrected chi connectivity index (χ2v) is 8.44. The van der Waals surface area contributed by atoms with Gasteiger partial charge in [0.2, 0.25) is 0 Å². The number of anilines is 1. The van der Waals surface area contributed by atoms with Gasteiger partial charge in [0.1, 0.15) is 0 Å². The van der Waals surface area contributed by atoms with Crippen LogP contribution in [0.2, 0.25) is 5.02 Å². The third-order valence-electron chi connectivity index (χ3n) is 3.51. The summed E-state index contributed by atoms with van der Waals surface area (Å²) in [5.74, 6) is 0. The highest BCUT2D eigenvalue weighted by Gasteiger charge is 2.19. The Labute approximate surface area is 150 Å². The quantitative estimate of drug-likeness (QED) is 0.703. The lowest BCUT2D eigenvalue weighted by Gasteiger charge is -2.12. The molecule has 0 bridgehead atoms. The van der Waals surface area contributed by atoms with E-state index in [0.717, 1.165) is 16.3 Å². The van der Waals surface area contributed by atoms with Gasteiger partial charge in [-0.2, -0.15) is 0 Å². The zero-order valence-electron chi connectivity index (χ0n) is 13.1. The number of rotatable bonds is 4. The van der Waals surface area contributed by atoms with Crippen molar-refractivity contribution in [2.24, 2.45) is 0 Å². The van der Waals surface area contributed by atoms with Crippen molar-refractivity contribution < 1.29 is 8.42 Å². The predicted molar refractivity (Wildman–Crippen MR) is 99.3 cm³/mol. The van der Waals surface area contributed by atoms with E-state index in [0.29, 0.717) is 16.3 Å². The van der Waals surface area contributed by atoms with E-state index >= 15 is 0 Å². The molecule has 0 radical (unpaired) electrons. The highest BCUT2D eigenvalue weighted by atomic mass is 35.5. The summed E-state index contributed by atoms with van der Waals surface area (Å²) >= 11 is 7.58. The number of hydrogen-bond donors (Lipinski definition) is 1. The van der Waals surface area contributed by atoms with Crippen LogP contribution in [0.4, 0.5) is 5.69 Å². The Morgan fingerprint density at radius 1 is 1.12 bits per heavy atom. The normalized spacial score (nSPS) is 11.5. The fourth-order valence-corrected chi connectivity index (χ4v) is 4.50. The zero-order chi connectivity index (χ0) is 17.3. The van der Waals surface area contributed by atoms with E-state index < -0.39 is 10.0 Å². The van der Waals surface area contributed by atoms with Crippen molar-refractivity contribution in [3.63, 3.8) is 0 Å². The van der Waals surface area contributed by atoms with Crippen LogP contribution in [0.1, 0.15) is 10.6 Å². The van der Waals surface area contributed by atoms with Crippen molar-refractivity contribution in [2.45, 2.75) is 18.7 Å². The Morgan fingerprint density at radius 3 is 2.54 bits per heavy atom. The summed E-state index contributed by atoms with van der Waals surface area (Å²) in [6.07, 6.45) is 0. The van der Waals surface area contributed by atoms with Gasteiger partial charge >= 0.3 is 0 Å². The number of nitrogens with zero attached hydrogens (tertiary/aromatic N) is 1. The molecule has 3 rings (SSSR count). The molecule has 0 saturated carbocycles. The third-order valence-corrected chi connectivity index (χ3v) is 6.12. The van der Waals surface area contributed by atoms with Crippen LogP contribution in [0.25, 0.3) is 11.3 Å². The molecule has 4 nitrogen and oxygen atoms in total. The summed E-state index contributed by atoms with van der Waals surface area (Å²) in [5, 5.41) is 3.20. The Hall–Kier alpha value is -1.89. The van der Waals surface area contributed by atoms with Crippen molar-refractivity contribution in [1.82, 2.24) is 4.98 Å². The number of hydrogen-bond acceptors (Lipinski definition) is 4. The first-order chi connectivity index (χ1) is 11.4. The lowest BCUT2D eigenvalue weighted by Crippen LogP contribution is -2.14. The average Bonchev–Trinajstić information content (AvgIpc) is 2.96. The Morgan fingerprint density at radius 2 is 1.88 bits per heavy atom. The van der Waals surface area contributed by atoms with E-state index in [1.54, 1.807) is 43.3 Å². The van der Waals surface area contributed by atoms with Gasteiger partial charge < -0.3 is 0 Å². The molecule has 0 aliphatic rings. The number of sulfonamides is 1. The fourth-order valence-electron chi connectivity index (χ4n) is 2.29. The van der Waals surface area contributed by atoms with E-state index in [9.17, 15) is 8.42 Å². The molecule has 0 atom stereocenters. The van der Waals surface area contributed by atoms with Crippen LogP contribution in [0.15, 0.2) is 52.7 Å². The summed E-state index contributed by atoms with van der Waals surface area (Å²) in [4.78, 5) is 4.63. The first kappa shape index (κ1) is 17.0. The minimum absolute atomic E-state index is 0.213. The predicted octanol–water partition coefficient (Wildman–Crippen LogP) is 4.88. The molecule has 24 heavy (non-hydrogen) atoms. The Kier molecular flexibility index (Phi) is 4.62. The van der Waals surface area contributed by atoms with Gasteiger partial charge in [-0.15, -0.1) is 11.3 Å². The summed E-state index contributed by atoms with van der Waals surface area (Å²) in [5.41, 5.74) is 2.55. The summed E-state index contributed by atoms with van der Waals surface area (Å²) in [6.45, 7) is 3.68. The zero-order valence-corrected chi connectivity index (χ0v) is 15.5. The van der Waals surface area contributed by atoms with Gasteiger partial charge in [0, 0.05) is 10.9 Å². The molecule has 0 amide bonds. The molecule has 124 valence electrons. The van der Waals surface area contributed by atoms with Crippen LogP contribution in [-0.4, -0.2) is 13.4 Å². The number of benzene rings is 2. The third kappa shape index (κ3) is 3.45. The molecule has 0 spiro atoms. The molecule has 0 saturated heterocycles. The van der Waals surface area contributed by atoms with E-state index in [2.05, 4.69) is 9.71 Å². The van der Waals surface area contributed by atoms with Crippen LogP contribution in [0, 0.1) is 13.8 Å². The van der Waals surface area contributed by atoms with Crippen molar-refractivity contribution in [3.05, 3.63) is 63.4 Å². The summed E-state index contributed by atoms with van der Waals surface area (Å²) in [6, 6.07) is 12.0.